The lowest BCUT2D eigenvalue weighted by molar-refractivity contribution is -0.145. The average molecular weight is 267 g/mol. The van der Waals surface area contributed by atoms with Gasteiger partial charge in [0, 0.05) is 17.5 Å². The molecule has 0 atom stereocenters. The number of hydrogen-bond acceptors (Lipinski definition) is 4. The first-order chi connectivity index (χ1) is 8.79. The van der Waals surface area contributed by atoms with Crippen molar-refractivity contribution in [2.24, 2.45) is 0 Å². The Bertz CT molecular complexity index is 360. The van der Waals surface area contributed by atoms with Crippen LogP contribution in [0.3, 0.4) is 0 Å². The van der Waals surface area contributed by atoms with Crippen LogP contribution >= 0.6 is 11.3 Å². The fraction of sp³-hybridized carbons (Fsp3) is 0.643. The molecule has 0 bridgehead atoms. The Morgan fingerprint density at radius 3 is 3.00 bits per heavy atom. The maximum Gasteiger partial charge on any atom is 0.320 e. The highest BCUT2D eigenvalue weighted by atomic mass is 32.1. The van der Waals surface area contributed by atoms with Crippen LogP contribution < -0.4 is 0 Å². The van der Waals surface area contributed by atoms with E-state index in [1.54, 1.807) is 11.3 Å². The van der Waals surface area contributed by atoms with Gasteiger partial charge in [-0.15, -0.1) is 11.3 Å². The van der Waals surface area contributed by atoms with Crippen molar-refractivity contribution in [2.45, 2.75) is 45.2 Å². The normalized spacial score (nSPS) is 15.0. The molecule has 1 aliphatic carbocycles. The van der Waals surface area contributed by atoms with Crippen LogP contribution in [0.15, 0.2) is 17.5 Å². The van der Waals surface area contributed by atoms with Gasteiger partial charge in [0.25, 0.3) is 0 Å². The molecule has 0 N–H and O–H groups in total. The zero-order chi connectivity index (χ0) is 12.8. The van der Waals surface area contributed by atoms with E-state index in [2.05, 4.69) is 29.3 Å². The monoisotopic (exact) mass is 267 g/mol. The number of nitrogens with zero attached hydrogens (tertiary/aromatic N) is 1. The Labute approximate surface area is 113 Å². The molecule has 0 radical (unpaired) electrons. The third-order valence-electron chi connectivity index (χ3n) is 3.10. The van der Waals surface area contributed by atoms with Crippen molar-refractivity contribution < 1.29 is 9.53 Å². The van der Waals surface area contributed by atoms with Gasteiger partial charge in [0.15, 0.2) is 0 Å². The van der Waals surface area contributed by atoms with Crippen LogP contribution in [0.4, 0.5) is 0 Å². The standard InChI is InChI=1S/C14H21NO2S/c1-2-3-8-17-14(16)11-15(12-6-7-12)10-13-5-4-9-18-13/h4-5,9,12H,2-3,6-8,10-11H2,1H3. The maximum absolute atomic E-state index is 11.7. The first-order valence-electron chi connectivity index (χ1n) is 6.71. The van der Waals surface area contributed by atoms with E-state index >= 15 is 0 Å². The molecule has 1 fully saturated rings. The molecule has 2 rings (SSSR count). The van der Waals surface area contributed by atoms with Crippen LogP contribution in [0, 0.1) is 0 Å². The summed E-state index contributed by atoms with van der Waals surface area (Å²) in [5.41, 5.74) is 0. The Balaban J connectivity index is 1.77. The molecule has 0 aliphatic heterocycles. The van der Waals surface area contributed by atoms with Crippen LogP contribution in [-0.4, -0.2) is 30.1 Å². The van der Waals surface area contributed by atoms with Gasteiger partial charge in [-0.2, -0.15) is 0 Å². The fourth-order valence-electron chi connectivity index (χ4n) is 1.90. The molecular weight excluding hydrogens is 246 g/mol. The third-order valence-corrected chi connectivity index (χ3v) is 3.96. The minimum absolute atomic E-state index is 0.0769. The summed E-state index contributed by atoms with van der Waals surface area (Å²) in [6.45, 7) is 3.98. The van der Waals surface area contributed by atoms with E-state index in [1.807, 2.05) is 0 Å². The van der Waals surface area contributed by atoms with E-state index in [-0.39, 0.29) is 5.97 Å². The molecule has 1 aliphatic rings. The SMILES string of the molecule is CCCCOC(=O)CN(Cc1cccs1)C1CC1. The van der Waals surface area contributed by atoms with Gasteiger partial charge in [-0.1, -0.05) is 19.4 Å². The highest BCUT2D eigenvalue weighted by molar-refractivity contribution is 7.09. The molecule has 0 aromatic carbocycles. The lowest BCUT2D eigenvalue weighted by atomic mass is 10.3. The molecule has 1 heterocycles. The molecule has 1 aromatic rings. The average Bonchev–Trinajstić information content (AvgIpc) is 3.08. The van der Waals surface area contributed by atoms with Gasteiger partial charge in [-0.05, 0) is 30.7 Å². The number of rotatable bonds is 8. The summed E-state index contributed by atoms with van der Waals surface area (Å²) in [4.78, 5) is 15.3. The topological polar surface area (TPSA) is 29.5 Å². The number of unbranched alkanes of at least 4 members (excludes halogenated alkanes) is 1. The number of esters is 1. The van der Waals surface area contributed by atoms with Crippen molar-refractivity contribution in [1.29, 1.82) is 0 Å². The van der Waals surface area contributed by atoms with Crippen LogP contribution in [0.5, 0.6) is 0 Å². The first kappa shape index (κ1) is 13.6. The lowest BCUT2D eigenvalue weighted by Gasteiger charge is -2.20. The molecule has 0 saturated heterocycles. The largest absolute Gasteiger partial charge is 0.465 e. The number of hydrogen-bond donors (Lipinski definition) is 0. The van der Waals surface area contributed by atoms with Gasteiger partial charge in [0.1, 0.15) is 0 Å². The second-order valence-electron chi connectivity index (χ2n) is 4.79. The summed E-state index contributed by atoms with van der Waals surface area (Å²) in [6, 6.07) is 4.78. The van der Waals surface area contributed by atoms with Crippen molar-refractivity contribution in [3.8, 4) is 0 Å². The van der Waals surface area contributed by atoms with Crippen LogP contribution in [0.2, 0.25) is 0 Å². The van der Waals surface area contributed by atoms with E-state index < -0.39 is 0 Å². The van der Waals surface area contributed by atoms with Crippen molar-refractivity contribution in [3.63, 3.8) is 0 Å². The highest BCUT2D eigenvalue weighted by Gasteiger charge is 2.30. The summed E-state index contributed by atoms with van der Waals surface area (Å²) in [5.74, 6) is -0.0769. The van der Waals surface area contributed by atoms with Gasteiger partial charge >= 0.3 is 5.97 Å². The lowest BCUT2D eigenvalue weighted by Crippen LogP contribution is -2.32. The maximum atomic E-state index is 11.7. The molecule has 1 saturated carbocycles. The number of carbonyl (C=O) groups is 1. The first-order valence-corrected chi connectivity index (χ1v) is 7.59. The number of carbonyl (C=O) groups excluding carboxylic acids is 1. The van der Waals surface area contributed by atoms with E-state index in [9.17, 15) is 4.79 Å². The summed E-state index contributed by atoms with van der Waals surface area (Å²) in [7, 11) is 0. The van der Waals surface area contributed by atoms with Gasteiger partial charge in [-0.25, -0.2) is 0 Å². The van der Waals surface area contributed by atoms with Crippen LogP contribution in [0.1, 0.15) is 37.5 Å². The molecule has 0 unspecified atom stereocenters. The van der Waals surface area contributed by atoms with Crippen LogP contribution in [0.25, 0.3) is 0 Å². The van der Waals surface area contributed by atoms with E-state index in [0.717, 1.165) is 19.4 Å². The molecule has 0 amide bonds. The molecule has 4 heteroatoms. The third kappa shape index (κ3) is 4.42. The van der Waals surface area contributed by atoms with Crippen molar-refractivity contribution in [1.82, 2.24) is 4.90 Å². The van der Waals surface area contributed by atoms with E-state index in [4.69, 9.17) is 4.74 Å². The summed E-state index contributed by atoms with van der Waals surface area (Å²) >= 11 is 1.75. The minimum atomic E-state index is -0.0769. The zero-order valence-corrected chi connectivity index (χ0v) is 11.7. The van der Waals surface area contributed by atoms with Gasteiger partial charge in [0.2, 0.25) is 0 Å². The minimum Gasteiger partial charge on any atom is -0.465 e. The van der Waals surface area contributed by atoms with E-state index in [1.165, 1.54) is 17.7 Å². The zero-order valence-electron chi connectivity index (χ0n) is 10.9. The molecule has 1 aromatic heterocycles. The van der Waals surface area contributed by atoms with Gasteiger partial charge in [-0.3, -0.25) is 9.69 Å². The van der Waals surface area contributed by atoms with Crippen molar-refractivity contribution in [2.75, 3.05) is 13.2 Å². The molecule has 3 nitrogen and oxygen atoms in total. The predicted octanol–water partition coefficient (Wildman–Crippen LogP) is 3.06. The second kappa shape index (κ2) is 6.90. The van der Waals surface area contributed by atoms with E-state index in [0.29, 0.717) is 19.2 Å². The van der Waals surface area contributed by atoms with Gasteiger partial charge in [0.05, 0.1) is 13.2 Å². The van der Waals surface area contributed by atoms with Crippen molar-refractivity contribution >= 4 is 17.3 Å². The Kier molecular flexibility index (Phi) is 5.20. The van der Waals surface area contributed by atoms with Gasteiger partial charge < -0.3 is 4.74 Å². The summed E-state index contributed by atoms with van der Waals surface area (Å²) < 4.78 is 5.23. The molecular formula is C14H21NO2S. The Morgan fingerprint density at radius 1 is 1.56 bits per heavy atom. The van der Waals surface area contributed by atoms with Crippen molar-refractivity contribution in [3.05, 3.63) is 22.4 Å². The second-order valence-corrected chi connectivity index (χ2v) is 5.82. The predicted molar refractivity (Wildman–Crippen MR) is 73.6 cm³/mol. The molecule has 18 heavy (non-hydrogen) atoms. The fourth-order valence-corrected chi connectivity index (χ4v) is 2.63. The number of thiophene rings is 1. The summed E-state index contributed by atoms with van der Waals surface area (Å²) in [6.07, 6.45) is 4.45. The summed E-state index contributed by atoms with van der Waals surface area (Å²) in [5, 5.41) is 2.08. The Hall–Kier alpha value is -0.870. The molecule has 0 spiro atoms. The number of ether oxygens (including phenoxy) is 1. The van der Waals surface area contributed by atoms with Crippen LogP contribution in [-0.2, 0) is 16.1 Å². The highest BCUT2D eigenvalue weighted by Crippen LogP contribution is 2.28. The quantitative estimate of drug-likeness (QED) is 0.535. The smallest absolute Gasteiger partial charge is 0.320 e. The molecule has 100 valence electrons. The Morgan fingerprint density at radius 2 is 2.39 bits per heavy atom.